The van der Waals surface area contributed by atoms with Crippen LogP contribution in [0.4, 0.5) is 0 Å². The SMILES string of the molecule is CCCCCCCCOc1ccc(-c2ccc(-c3ccc4c(c3)[Si](CCCCCC)(CCCCCC)c3cc(-c5ccc(-c6ccc(OCCCCCCCC)cc6)cc5)ccc3-4)cc2)cc1. The summed E-state index contributed by atoms with van der Waals surface area (Å²) >= 11 is 0. The molecular weight excluding hydrogens is 829 g/mol. The summed E-state index contributed by atoms with van der Waals surface area (Å²) in [5, 5.41) is 3.36. The van der Waals surface area contributed by atoms with Crippen LogP contribution in [0.25, 0.3) is 55.6 Å². The fourth-order valence-electron chi connectivity index (χ4n) is 10.6. The molecule has 1 aliphatic heterocycles. The molecule has 6 aromatic carbocycles. The van der Waals surface area contributed by atoms with Gasteiger partial charge in [-0.15, -0.1) is 0 Å². The van der Waals surface area contributed by atoms with E-state index in [0.29, 0.717) is 0 Å². The van der Waals surface area contributed by atoms with Gasteiger partial charge in [-0.25, -0.2) is 0 Å². The molecule has 0 fully saturated rings. The summed E-state index contributed by atoms with van der Waals surface area (Å²) < 4.78 is 12.2. The van der Waals surface area contributed by atoms with Crippen molar-refractivity contribution in [3.63, 3.8) is 0 Å². The predicted octanol–water partition coefficient (Wildman–Crippen LogP) is 18.5. The molecular formula is C64H82O2Si. The topological polar surface area (TPSA) is 18.5 Å². The monoisotopic (exact) mass is 911 g/mol. The van der Waals surface area contributed by atoms with Crippen molar-refractivity contribution >= 4 is 18.4 Å². The Morgan fingerprint density at radius 3 is 0.896 bits per heavy atom. The summed E-state index contributed by atoms with van der Waals surface area (Å²) in [6, 6.07) is 53.7. The molecule has 0 N–H and O–H groups in total. The van der Waals surface area contributed by atoms with E-state index in [-0.39, 0.29) is 0 Å². The smallest absolute Gasteiger partial charge is 0.119 e. The molecule has 0 spiro atoms. The Morgan fingerprint density at radius 2 is 0.552 bits per heavy atom. The third kappa shape index (κ3) is 13.7. The molecule has 0 saturated carbocycles. The van der Waals surface area contributed by atoms with Crippen LogP contribution in [0.15, 0.2) is 133 Å². The largest absolute Gasteiger partial charge is 0.494 e. The number of rotatable bonds is 30. The molecule has 6 aromatic rings. The zero-order valence-corrected chi connectivity index (χ0v) is 43.0. The second-order valence-corrected chi connectivity index (χ2v) is 23.9. The molecule has 354 valence electrons. The Balaban J connectivity index is 1.09. The molecule has 0 unspecified atom stereocenters. The van der Waals surface area contributed by atoms with Crippen molar-refractivity contribution in [1.82, 2.24) is 0 Å². The van der Waals surface area contributed by atoms with E-state index in [0.717, 1.165) is 37.6 Å². The minimum atomic E-state index is -2.10. The molecule has 0 saturated heterocycles. The van der Waals surface area contributed by atoms with Crippen molar-refractivity contribution in [1.29, 1.82) is 0 Å². The van der Waals surface area contributed by atoms with E-state index in [2.05, 4.69) is 161 Å². The third-order valence-corrected chi connectivity index (χ3v) is 19.9. The van der Waals surface area contributed by atoms with Gasteiger partial charge in [-0.2, -0.15) is 0 Å². The summed E-state index contributed by atoms with van der Waals surface area (Å²) in [4.78, 5) is 0. The van der Waals surface area contributed by atoms with Crippen LogP contribution >= 0.6 is 0 Å². The Morgan fingerprint density at radius 1 is 0.284 bits per heavy atom. The Labute approximate surface area is 408 Å². The van der Waals surface area contributed by atoms with Gasteiger partial charge in [-0.05, 0) is 115 Å². The number of hydrogen-bond donors (Lipinski definition) is 0. The van der Waals surface area contributed by atoms with Crippen LogP contribution < -0.4 is 19.8 Å². The van der Waals surface area contributed by atoms with Crippen molar-refractivity contribution in [2.45, 2.75) is 168 Å². The fraction of sp³-hybridized carbons (Fsp3) is 0.438. The molecule has 0 aromatic heterocycles. The van der Waals surface area contributed by atoms with Crippen LogP contribution in [0, 0.1) is 0 Å². The van der Waals surface area contributed by atoms with Gasteiger partial charge < -0.3 is 9.47 Å². The quantitative estimate of drug-likeness (QED) is 0.0331. The molecule has 1 heterocycles. The minimum absolute atomic E-state index is 0.801. The normalized spacial score (nSPS) is 12.5. The standard InChI is InChI=1S/C64H82O2Si/c1-5-9-13-17-19-21-45-65-59-39-33-53(34-40-59)51-25-29-55(30-26-51)57-37-43-61-62-44-38-58(50-64(62)67(63(61)49-57,47-23-15-11-7-3)48-24-16-12-8-4)56-31-27-52(28-32-56)54-35-41-60(42-36-54)66-46-22-20-18-14-10-6-2/h25-44,49-50H,5-24,45-48H2,1-4H3. The van der Waals surface area contributed by atoms with E-state index >= 15 is 0 Å². The lowest BCUT2D eigenvalue weighted by Crippen LogP contribution is -2.55. The van der Waals surface area contributed by atoms with Crippen molar-refractivity contribution in [2.24, 2.45) is 0 Å². The fourth-order valence-corrected chi connectivity index (χ4v) is 16.2. The van der Waals surface area contributed by atoms with Crippen molar-refractivity contribution in [2.75, 3.05) is 13.2 Å². The molecule has 0 radical (unpaired) electrons. The second-order valence-electron chi connectivity index (χ2n) is 19.7. The van der Waals surface area contributed by atoms with Crippen molar-refractivity contribution in [3.05, 3.63) is 133 Å². The van der Waals surface area contributed by atoms with Crippen molar-refractivity contribution in [3.8, 4) is 67.1 Å². The van der Waals surface area contributed by atoms with Crippen molar-refractivity contribution < 1.29 is 9.47 Å². The average molecular weight is 911 g/mol. The lowest BCUT2D eigenvalue weighted by atomic mass is 9.96. The van der Waals surface area contributed by atoms with E-state index in [1.54, 1.807) is 10.4 Å². The molecule has 3 heteroatoms. The zero-order valence-electron chi connectivity index (χ0n) is 42.0. The lowest BCUT2D eigenvalue weighted by Gasteiger charge is -2.31. The summed E-state index contributed by atoms with van der Waals surface area (Å²) in [7, 11) is -2.10. The maximum absolute atomic E-state index is 6.10. The number of benzene rings is 6. The van der Waals surface area contributed by atoms with Crippen LogP contribution in [-0.2, 0) is 0 Å². The van der Waals surface area contributed by atoms with Crippen LogP contribution in [0.2, 0.25) is 12.1 Å². The van der Waals surface area contributed by atoms with Gasteiger partial charge >= 0.3 is 0 Å². The summed E-state index contributed by atoms with van der Waals surface area (Å²) in [6.45, 7) is 10.8. The first-order chi connectivity index (χ1) is 33.1. The first kappa shape index (κ1) is 50.0. The highest BCUT2D eigenvalue weighted by molar-refractivity contribution is 7.05. The second kappa shape index (κ2) is 26.6. The minimum Gasteiger partial charge on any atom is -0.494 e. The van der Waals surface area contributed by atoms with Gasteiger partial charge in [0.2, 0.25) is 0 Å². The highest BCUT2D eigenvalue weighted by Crippen LogP contribution is 2.39. The lowest BCUT2D eigenvalue weighted by molar-refractivity contribution is 0.304. The van der Waals surface area contributed by atoms with E-state index in [4.69, 9.17) is 9.47 Å². The van der Waals surface area contributed by atoms with Gasteiger partial charge in [-0.3, -0.25) is 0 Å². The number of unbranched alkanes of at least 4 members (excludes halogenated alkanes) is 16. The Hall–Kier alpha value is -4.86. The van der Waals surface area contributed by atoms with E-state index in [1.165, 1.54) is 183 Å². The first-order valence-electron chi connectivity index (χ1n) is 27.0. The van der Waals surface area contributed by atoms with Crippen LogP contribution in [-0.4, -0.2) is 21.3 Å². The predicted molar refractivity (Wildman–Crippen MR) is 294 cm³/mol. The molecule has 0 aliphatic carbocycles. The van der Waals surface area contributed by atoms with Gasteiger partial charge in [0, 0.05) is 0 Å². The van der Waals surface area contributed by atoms with Gasteiger partial charge in [0.15, 0.2) is 0 Å². The maximum Gasteiger partial charge on any atom is 0.119 e. The highest BCUT2D eigenvalue weighted by Gasteiger charge is 2.44. The first-order valence-corrected chi connectivity index (χ1v) is 29.4. The van der Waals surface area contributed by atoms with Gasteiger partial charge in [0.05, 0.1) is 13.2 Å². The molecule has 7 rings (SSSR count). The molecule has 0 bridgehead atoms. The zero-order chi connectivity index (χ0) is 46.5. The maximum atomic E-state index is 6.10. The van der Waals surface area contributed by atoms with Gasteiger partial charge in [-0.1, -0.05) is 252 Å². The summed E-state index contributed by atoms with van der Waals surface area (Å²) in [5.41, 5.74) is 13.3. The van der Waals surface area contributed by atoms with Crippen LogP contribution in [0.3, 0.4) is 0 Å². The number of fused-ring (bicyclic) bond motifs is 3. The number of hydrogen-bond acceptors (Lipinski definition) is 2. The number of ether oxygens (including phenoxy) is 2. The summed E-state index contributed by atoms with van der Waals surface area (Å²) in [5.74, 6) is 1.94. The molecule has 0 atom stereocenters. The molecule has 0 amide bonds. The summed E-state index contributed by atoms with van der Waals surface area (Å²) in [6.07, 6.45) is 25.8. The average Bonchev–Trinajstić information content (AvgIpc) is 3.64. The molecule has 67 heavy (non-hydrogen) atoms. The van der Waals surface area contributed by atoms with Gasteiger partial charge in [0.25, 0.3) is 0 Å². The Bertz CT molecular complexity index is 2170. The molecule has 1 aliphatic rings. The van der Waals surface area contributed by atoms with E-state index < -0.39 is 8.07 Å². The van der Waals surface area contributed by atoms with E-state index in [1.807, 2.05) is 0 Å². The third-order valence-electron chi connectivity index (χ3n) is 14.6. The van der Waals surface area contributed by atoms with Gasteiger partial charge in [0.1, 0.15) is 19.6 Å². The van der Waals surface area contributed by atoms with Crippen LogP contribution in [0.5, 0.6) is 11.5 Å². The Kier molecular flexibility index (Phi) is 19.9. The van der Waals surface area contributed by atoms with E-state index in [9.17, 15) is 0 Å². The molecule has 2 nitrogen and oxygen atoms in total. The highest BCUT2D eigenvalue weighted by atomic mass is 28.3. The van der Waals surface area contributed by atoms with Crippen LogP contribution in [0.1, 0.15) is 156 Å².